The molecule has 0 heterocycles. The van der Waals surface area contributed by atoms with Crippen LogP contribution in [0.4, 0.5) is 0 Å². The zero-order valence-electron chi connectivity index (χ0n) is 19.5. The van der Waals surface area contributed by atoms with Crippen LogP contribution in [-0.4, -0.2) is 33.9 Å². The fourth-order valence-corrected chi connectivity index (χ4v) is 4.18. The minimum Gasteiger partial charge on any atom is -0.378 e. The van der Waals surface area contributed by atoms with E-state index in [-0.39, 0.29) is 22.9 Å². The molecule has 5 heteroatoms. The van der Waals surface area contributed by atoms with Crippen LogP contribution < -0.4 is 4.72 Å². The maximum Gasteiger partial charge on any atom is 0.208 e. The summed E-state index contributed by atoms with van der Waals surface area (Å²) in [7, 11) is -3.18. The van der Waals surface area contributed by atoms with Crippen molar-refractivity contribution >= 4 is 10.0 Å². The first-order chi connectivity index (χ1) is 12.3. The first kappa shape index (κ1) is 26.9. The average molecular weight is 406 g/mol. The van der Waals surface area contributed by atoms with Gasteiger partial charge in [0.2, 0.25) is 10.0 Å². The van der Waals surface area contributed by atoms with E-state index in [2.05, 4.69) is 60.1 Å². The van der Waals surface area contributed by atoms with Gasteiger partial charge in [-0.25, -0.2) is 13.1 Å². The molecule has 1 N–H and O–H groups in total. The number of unbranched alkanes of at least 4 members (excludes halogenated alkanes) is 2. The van der Waals surface area contributed by atoms with Gasteiger partial charge in [0.25, 0.3) is 0 Å². The predicted octanol–water partition coefficient (Wildman–Crippen LogP) is 5.63. The second kappa shape index (κ2) is 11.8. The van der Waals surface area contributed by atoms with Crippen molar-refractivity contribution in [3.63, 3.8) is 0 Å². The molecule has 0 radical (unpaired) electrons. The Balaban J connectivity index is 5.06. The maximum atomic E-state index is 11.6. The molecular weight excluding hydrogens is 358 g/mol. The molecule has 0 aliphatic carbocycles. The third kappa shape index (κ3) is 9.27. The molecule has 0 aliphatic rings. The molecule has 4 unspecified atom stereocenters. The van der Waals surface area contributed by atoms with Crippen LogP contribution in [0.5, 0.6) is 0 Å². The highest BCUT2D eigenvalue weighted by atomic mass is 32.2. The van der Waals surface area contributed by atoms with Gasteiger partial charge in [-0.15, -0.1) is 0 Å². The molecule has 164 valence electrons. The molecule has 0 aromatic heterocycles. The van der Waals surface area contributed by atoms with Crippen LogP contribution in [0.3, 0.4) is 0 Å². The summed E-state index contributed by atoms with van der Waals surface area (Å²) in [4.78, 5) is 0. The minimum absolute atomic E-state index is 0.101. The Kier molecular flexibility index (Phi) is 11.7. The number of hydrogen-bond donors (Lipinski definition) is 1. The van der Waals surface area contributed by atoms with Crippen molar-refractivity contribution in [1.82, 2.24) is 4.72 Å². The number of hydrogen-bond acceptors (Lipinski definition) is 3. The molecular formula is C22H47NO3S. The molecule has 0 rings (SSSR count). The van der Waals surface area contributed by atoms with E-state index in [0.717, 1.165) is 19.3 Å². The zero-order chi connectivity index (χ0) is 21.3. The summed E-state index contributed by atoms with van der Waals surface area (Å²) in [6.07, 6.45) is 8.25. The number of sulfonamides is 1. The Morgan fingerprint density at radius 2 is 1.48 bits per heavy atom. The van der Waals surface area contributed by atoms with Crippen molar-refractivity contribution < 1.29 is 13.2 Å². The molecule has 0 aromatic carbocycles. The molecule has 0 aliphatic heterocycles. The van der Waals surface area contributed by atoms with Crippen molar-refractivity contribution in [1.29, 1.82) is 0 Å². The average Bonchev–Trinajstić information content (AvgIpc) is 2.59. The van der Waals surface area contributed by atoms with Crippen LogP contribution >= 0.6 is 0 Å². The second-order valence-corrected chi connectivity index (χ2v) is 11.3. The van der Waals surface area contributed by atoms with E-state index in [4.69, 9.17) is 4.74 Å². The molecule has 4 nitrogen and oxygen atoms in total. The largest absolute Gasteiger partial charge is 0.378 e. The lowest BCUT2D eigenvalue weighted by atomic mass is 9.71. The van der Waals surface area contributed by atoms with E-state index in [1.54, 1.807) is 0 Å². The minimum atomic E-state index is -3.18. The van der Waals surface area contributed by atoms with Gasteiger partial charge in [0.05, 0.1) is 19.0 Å². The molecule has 0 fully saturated rings. The molecule has 0 saturated carbocycles. The Morgan fingerprint density at radius 1 is 0.963 bits per heavy atom. The zero-order valence-corrected chi connectivity index (χ0v) is 20.3. The summed E-state index contributed by atoms with van der Waals surface area (Å²) in [5.74, 6) is 0.844. The summed E-state index contributed by atoms with van der Waals surface area (Å²) < 4.78 is 32.4. The van der Waals surface area contributed by atoms with Crippen LogP contribution in [0.1, 0.15) is 93.9 Å². The SMILES string of the molecule is CCCCC(C)(CNS(C)(=O)=O)C(C)COC(C)C(C)(CCCC)C(C)C. The van der Waals surface area contributed by atoms with Crippen LogP contribution in [0.2, 0.25) is 0 Å². The van der Waals surface area contributed by atoms with E-state index in [1.165, 1.54) is 25.5 Å². The van der Waals surface area contributed by atoms with E-state index < -0.39 is 10.0 Å². The van der Waals surface area contributed by atoms with E-state index >= 15 is 0 Å². The van der Waals surface area contributed by atoms with Gasteiger partial charge in [-0.1, -0.05) is 74.1 Å². The first-order valence-electron chi connectivity index (χ1n) is 10.9. The topological polar surface area (TPSA) is 55.4 Å². The van der Waals surface area contributed by atoms with Crippen molar-refractivity contribution in [2.75, 3.05) is 19.4 Å². The highest BCUT2D eigenvalue weighted by molar-refractivity contribution is 7.88. The molecule has 4 atom stereocenters. The maximum absolute atomic E-state index is 11.6. The summed E-state index contributed by atoms with van der Waals surface area (Å²) in [6, 6.07) is 0. The van der Waals surface area contributed by atoms with Crippen LogP contribution in [0.15, 0.2) is 0 Å². The molecule has 27 heavy (non-hydrogen) atoms. The normalized spacial score (nSPS) is 19.5. The monoisotopic (exact) mass is 405 g/mol. The van der Waals surface area contributed by atoms with Crippen LogP contribution in [0, 0.1) is 22.7 Å². The summed E-state index contributed by atoms with van der Waals surface area (Å²) in [5, 5.41) is 0. The van der Waals surface area contributed by atoms with Gasteiger partial charge in [0.15, 0.2) is 0 Å². The van der Waals surface area contributed by atoms with Gasteiger partial charge < -0.3 is 4.74 Å². The summed E-state index contributed by atoms with van der Waals surface area (Å²) in [5.41, 5.74) is 0.0665. The molecule has 0 aromatic rings. The van der Waals surface area contributed by atoms with E-state index in [1.807, 2.05) is 0 Å². The number of nitrogens with one attached hydrogen (secondary N) is 1. The molecule has 0 amide bonds. The Bertz CT molecular complexity index is 506. The standard InChI is InChI=1S/C22H47NO3S/c1-10-12-14-21(7,17-23-27(9,24)25)19(5)16-26-20(6)22(8,18(3)4)15-13-11-2/h18-20,23H,10-17H2,1-9H3. The first-order valence-corrected chi connectivity index (χ1v) is 12.8. The second-order valence-electron chi connectivity index (χ2n) is 9.49. The van der Waals surface area contributed by atoms with Gasteiger partial charge in [-0.05, 0) is 42.4 Å². The van der Waals surface area contributed by atoms with Crippen LogP contribution in [-0.2, 0) is 14.8 Å². The Morgan fingerprint density at radius 3 is 1.93 bits per heavy atom. The lowest BCUT2D eigenvalue weighted by Crippen LogP contribution is -2.43. The third-order valence-corrected chi connectivity index (χ3v) is 7.61. The van der Waals surface area contributed by atoms with Crippen molar-refractivity contribution in [2.45, 2.75) is 100 Å². The van der Waals surface area contributed by atoms with Crippen molar-refractivity contribution in [2.24, 2.45) is 22.7 Å². The fourth-order valence-electron chi connectivity index (χ4n) is 3.58. The highest BCUT2D eigenvalue weighted by Crippen LogP contribution is 2.39. The van der Waals surface area contributed by atoms with Crippen LogP contribution in [0.25, 0.3) is 0 Å². The highest BCUT2D eigenvalue weighted by Gasteiger charge is 2.37. The van der Waals surface area contributed by atoms with E-state index in [9.17, 15) is 8.42 Å². The molecule has 0 spiro atoms. The lowest BCUT2D eigenvalue weighted by molar-refractivity contribution is -0.0740. The van der Waals surface area contributed by atoms with Crippen molar-refractivity contribution in [3.8, 4) is 0 Å². The quantitative estimate of drug-likeness (QED) is 0.384. The predicted molar refractivity (Wildman–Crippen MR) is 118 cm³/mol. The number of rotatable bonds is 15. The summed E-state index contributed by atoms with van der Waals surface area (Å²) in [6.45, 7) is 19.1. The third-order valence-electron chi connectivity index (χ3n) is 6.94. The number of ether oxygens (including phenoxy) is 1. The van der Waals surface area contributed by atoms with Gasteiger partial charge in [0, 0.05) is 6.54 Å². The van der Waals surface area contributed by atoms with Gasteiger partial charge in [-0.3, -0.25) is 0 Å². The van der Waals surface area contributed by atoms with Gasteiger partial charge in [0.1, 0.15) is 0 Å². The van der Waals surface area contributed by atoms with Crippen molar-refractivity contribution in [3.05, 3.63) is 0 Å². The Labute approximate surface area is 170 Å². The molecule has 0 bridgehead atoms. The fraction of sp³-hybridized carbons (Fsp3) is 1.00. The Hall–Kier alpha value is -0.130. The smallest absolute Gasteiger partial charge is 0.208 e. The molecule has 0 saturated heterocycles. The van der Waals surface area contributed by atoms with Gasteiger partial charge >= 0.3 is 0 Å². The lowest BCUT2D eigenvalue weighted by Gasteiger charge is -2.42. The van der Waals surface area contributed by atoms with E-state index in [0.29, 0.717) is 19.1 Å². The van der Waals surface area contributed by atoms with Gasteiger partial charge in [-0.2, -0.15) is 0 Å². The summed E-state index contributed by atoms with van der Waals surface area (Å²) >= 11 is 0.